The minimum Gasteiger partial charge on any atom is -0.595 e. The predicted octanol–water partition coefficient (Wildman–Crippen LogP) is 2.55. The van der Waals surface area contributed by atoms with E-state index in [1.165, 1.54) is 35.2 Å². The van der Waals surface area contributed by atoms with Crippen molar-refractivity contribution in [3.05, 3.63) is 77.9 Å². The molecule has 1 aromatic heterocycles. The number of halogens is 1. The summed E-state index contributed by atoms with van der Waals surface area (Å²) in [6.07, 6.45) is 0.777. The molecule has 1 amide bonds. The van der Waals surface area contributed by atoms with Crippen LogP contribution in [0.3, 0.4) is 0 Å². The number of amides is 1. The maximum absolute atomic E-state index is 13.8. The average Bonchev–Trinajstić information content (AvgIpc) is 2.71. The highest BCUT2D eigenvalue weighted by molar-refractivity contribution is 5.72. The summed E-state index contributed by atoms with van der Waals surface area (Å²) in [5.74, 6) is 0.329. The molecule has 0 aliphatic carbocycles. The van der Waals surface area contributed by atoms with Gasteiger partial charge in [0.25, 0.3) is 0 Å². The van der Waals surface area contributed by atoms with Gasteiger partial charge in [0.15, 0.2) is 5.69 Å². The molecule has 1 aliphatic rings. The maximum Gasteiger partial charge on any atom is 0.415 e. The Morgan fingerprint density at radius 3 is 2.50 bits per heavy atom. The summed E-state index contributed by atoms with van der Waals surface area (Å²) in [5, 5.41) is 18.7. The molecule has 0 radical (unpaired) electrons. The number of pyridine rings is 1. The van der Waals surface area contributed by atoms with Crippen LogP contribution in [0.1, 0.15) is 0 Å². The Morgan fingerprint density at radius 1 is 1.13 bits per heavy atom. The van der Waals surface area contributed by atoms with Crippen molar-refractivity contribution in [1.82, 2.24) is 9.88 Å². The molecule has 3 aromatic rings. The predicted molar refractivity (Wildman–Crippen MR) is 104 cm³/mol. The van der Waals surface area contributed by atoms with E-state index < -0.39 is 11.3 Å². The molecule has 1 atom stereocenters. The van der Waals surface area contributed by atoms with Gasteiger partial charge in [-0.25, -0.2) is 19.4 Å². The third-order valence-electron chi connectivity index (χ3n) is 4.62. The van der Waals surface area contributed by atoms with Crippen molar-refractivity contribution in [3.63, 3.8) is 0 Å². The first kappa shape index (κ1) is 19.8. The molecule has 0 spiro atoms. The Balaban J connectivity index is 1.27. The van der Waals surface area contributed by atoms with Gasteiger partial charge in [0.05, 0.1) is 13.1 Å². The van der Waals surface area contributed by atoms with Crippen molar-refractivity contribution in [2.24, 2.45) is 0 Å². The quantitative estimate of drug-likeness (QED) is 0.626. The van der Waals surface area contributed by atoms with Gasteiger partial charge in [0.1, 0.15) is 17.7 Å². The number of benzene rings is 2. The number of carbonyl (C=O) groups is 1. The lowest BCUT2D eigenvalue weighted by molar-refractivity contribution is -0.991. The first-order valence-electron chi connectivity index (χ1n) is 9.17. The molecule has 1 unspecified atom stereocenters. The van der Waals surface area contributed by atoms with Crippen LogP contribution in [-0.4, -0.2) is 40.4 Å². The van der Waals surface area contributed by atoms with Crippen molar-refractivity contribution in [2.75, 3.05) is 13.1 Å². The van der Waals surface area contributed by atoms with Crippen LogP contribution in [0.15, 0.2) is 66.9 Å². The summed E-state index contributed by atoms with van der Waals surface area (Å²) < 4.78 is 24.8. The second kappa shape index (κ2) is 8.46. The molecule has 154 valence electrons. The van der Waals surface area contributed by atoms with Crippen LogP contribution in [0.4, 0.5) is 14.9 Å². The normalized spacial score (nSPS) is 14.7. The second-order valence-electron chi connectivity index (χ2n) is 6.71. The molecule has 1 aliphatic heterocycles. The summed E-state index contributed by atoms with van der Waals surface area (Å²) in [5.41, 5.74) is 1.22. The van der Waals surface area contributed by atoms with Gasteiger partial charge < -0.3 is 19.6 Å². The van der Waals surface area contributed by atoms with Gasteiger partial charge >= 0.3 is 6.09 Å². The van der Waals surface area contributed by atoms with E-state index >= 15 is 0 Å². The number of nitrogens with zero attached hydrogens (tertiary/aromatic N) is 2. The Hall–Kier alpha value is -3.53. The highest BCUT2D eigenvalue weighted by Crippen LogP contribution is 2.24. The molecule has 1 saturated heterocycles. The SMILES string of the molecule is O=C(Oc1ccc([NH+]([O-])O)cc1)N1CC(Oc2ccc(-c3ccccc3F)cn2)C1. The Kier molecular flexibility index (Phi) is 5.57. The largest absolute Gasteiger partial charge is 0.595 e. The molecule has 9 heteroatoms. The van der Waals surface area contributed by atoms with E-state index in [4.69, 9.17) is 14.7 Å². The van der Waals surface area contributed by atoms with Crippen LogP contribution in [0, 0.1) is 11.0 Å². The third-order valence-corrected chi connectivity index (χ3v) is 4.62. The molecule has 1 fully saturated rings. The van der Waals surface area contributed by atoms with Crippen LogP contribution in [0.5, 0.6) is 11.6 Å². The number of nitrogens with one attached hydrogen (secondary N) is 1. The zero-order valence-electron chi connectivity index (χ0n) is 15.7. The minimum atomic E-state index is -1.05. The number of hydrogen-bond acceptors (Lipinski definition) is 6. The lowest BCUT2D eigenvalue weighted by Crippen LogP contribution is -2.99. The van der Waals surface area contributed by atoms with Gasteiger partial charge in [0.2, 0.25) is 5.88 Å². The Bertz CT molecular complexity index is 1020. The zero-order valence-corrected chi connectivity index (χ0v) is 15.7. The topological polar surface area (TPSA) is 99.4 Å². The van der Waals surface area contributed by atoms with Crippen molar-refractivity contribution in [1.29, 1.82) is 0 Å². The number of likely N-dealkylation sites (tertiary alicyclic amines) is 1. The minimum absolute atomic E-state index is 0.112. The van der Waals surface area contributed by atoms with E-state index in [0.29, 0.717) is 30.1 Å². The number of rotatable bonds is 5. The van der Waals surface area contributed by atoms with Crippen LogP contribution < -0.4 is 14.7 Å². The molecular formula is C21H18FN3O5. The standard InChI is InChI=1S/C21H18FN3O5/c22-19-4-2-1-3-18(19)14-5-10-20(23-11-14)29-17-12-24(13-17)21(26)30-16-8-6-15(7-9-16)25(27)28/h1-11,17,25,27H,12-13H2. The molecule has 2 N–H and O–H groups in total. The van der Waals surface area contributed by atoms with Crippen LogP contribution >= 0.6 is 0 Å². The van der Waals surface area contributed by atoms with Crippen LogP contribution in [-0.2, 0) is 0 Å². The summed E-state index contributed by atoms with van der Waals surface area (Å²) in [4.78, 5) is 17.8. The highest BCUT2D eigenvalue weighted by Gasteiger charge is 2.34. The fraction of sp³-hybridized carbons (Fsp3) is 0.143. The lowest BCUT2D eigenvalue weighted by Gasteiger charge is -2.37. The summed E-state index contributed by atoms with van der Waals surface area (Å²) >= 11 is 0. The van der Waals surface area contributed by atoms with E-state index in [0.717, 1.165) is 0 Å². The highest BCUT2D eigenvalue weighted by atomic mass is 19.1. The van der Waals surface area contributed by atoms with Gasteiger partial charge in [0, 0.05) is 35.5 Å². The van der Waals surface area contributed by atoms with E-state index in [1.54, 1.807) is 36.5 Å². The van der Waals surface area contributed by atoms with Crippen molar-refractivity contribution in [3.8, 4) is 22.8 Å². The Labute approximate surface area is 171 Å². The van der Waals surface area contributed by atoms with Crippen molar-refractivity contribution in [2.45, 2.75) is 6.10 Å². The number of aromatic nitrogens is 1. The molecule has 0 bridgehead atoms. The van der Waals surface area contributed by atoms with E-state index in [2.05, 4.69) is 4.98 Å². The zero-order chi connectivity index (χ0) is 21.1. The number of quaternary nitrogens is 1. The maximum atomic E-state index is 13.8. The molecular weight excluding hydrogens is 393 g/mol. The van der Waals surface area contributed by atoms with Gasteiger partial charge in [-0.1, -0.05) is 18.2 Å². The molecule has 30 heavy (non-hydrogen) atoms. The van der Waals surface area contributed by atoms with E-state index in [9.17, 15) is 14.4 Å². The summed E-state index contributed by atoms with van der Waals surface area (Å²) in [6.45, 7) is 0.672. The van der Waals surface area contributed by atoms with Crippen molar-refractivity contribution >= 4 is 11.8 Å². The third kappa shape index (κ3) is 4.38. The first-order valence-corrected chi connectivity index (χ1v) is 9.17. The molecule has 2 heterocycles. The van der Waals surface area contributed by atoms with Crippen LogP contribution in [0.2, 0.25) is 0 Å². The summed E-state index contributed by atoms with van der Waals surface area (Å²) in [7, 11) is 0. The average molecular weight is 411 g/mol. The van der Waals surface area contributed by atoms with E-state index in [-0.39, 0.29) is 23.4 Å². The number of ether oxygens (including phenoxy) is 2. The first-order chi connectivity index (χ1) is 14.5. The van der Waals surface area contributed by atoms with Crippen LogP contribution in [0.25, 0.3) is 11.1 Å². The Morgan fingerprint density at radius 2 is 1.87 bits per heavy atom. The lowest BCUT2D eigenvalue weighted by atomic mass is 10.1. The second-order valence-corrected chi connectivity index (χ2v) is 6.71. The van der Waals surface area contributed by atoms with Gasteiger partial charge in [-0.3, -0.25) is 0 Å². The van der Waals surface area contributed by atoms with Gasteiger partial charge in [-0.05, 0) is 24.3 Å². The number of hydrogen-bond donors (Lipinski definition) is 2. The molecule has 8 nitrogen and oxygen atoms in total. The van der Waals surface area contributed by atoms with Gasteiger partial charge in [-0.2, -0.15) is 5.23 Å². The molecule has 2 aromatic carbocycles. The summed E-state index contributed by atoms with van der Waals surface area (Å²) in [6, 6.07) is 15.4. The molecule has 0 saturated carbocycles. The fourth-order valence-electron chi connectivity index (χ4n) is 2.97. The monoisotopic (exact) mass is 411 g/mol. The van der Waals surface area contributed by atoms with E-state index in [1.807, 2.05) is 0 Å². The van der Waals surface area contributed by atoms with Crippen molar-refractivity contribution < 1.29 is 29.1 Å². The number of carbonyl (C=O) groups excluding carboxylic acids is 1. The smallest absolute Gasteiger partial charge is 0.415 e. The van der Waals surface area contributed by atoms with Gasteiger partial charge in [-0.15, -0.1) is 0 Å². The molecule has 4 rings (SSSR count). The fourth-order valence-corrected chi connectivity index (χ4v) is 2.97.